The van der Waals surface area contributed by atoms with Crippen molar-refractivity contribution in [1.29, 1.82) is 0 Å². The van der Waals surface area contributed by atoms with Crippen molar-refractivity contribution in [3.63, 3.8) is 0 Å². The van der Waals surface area contributed by atoms with E-state index in [1.54, 1.807) is 54.6 Å². The molecule has 1 amide bonds. The molecule has 2 atom stereocenters. The Kier molecular flexibility index (Phi) is 8.41. The third kappa shape index (κ3) is 6.44. The molecule has 212 valence electrons. The summed E-state index contributed by atoms with van der Waals surface area (Å²) in [5.41, 5.74) is 2.19. The summed E-state index contributed by atoms with van der Waals surface area (Å²) < 4.78 is 37.2. The molecule has 0 spiro atoms. The third-order valence-corrected chi connectivity index (χ3v) is 7.39. The summed E-state index contributed by atoms with van der Waals surface area (Å²) in [5.74, 6) is 0.612. The Morgan fingerprint density at radius 2 is 1.68 bits per heavy atom. The Bertz CT molecular complexity index is 1610. The summed E-state index contributed by atoms with van der Waals surface area (Å²) in [6.45, 7) is 0. The van der Waals surface area contributed by atoms with Gasteiger partial charge in [-0.1, -0.05) is 18.2 Å². The molecule has 1 heterocycles. The first kappa shape index (κ1) is 28.0. The zero-order valence-corrected chi connectivity index (χ0v) is 23.3. The molecule has 2 N–H and O–H groups in total. The van der Waals surface area contributed by atoms with Gasteiger partial charge >= 0.3 is 0 Å². The van der Waals surface area contributed by atoms with Crippen molar-refractivity contribution < 1.29 is 27.8 Å². The van der Waals surface area contributed by atoms with Crippen LogP contribution in [0.15, 0.2) is 66.7 Å². The number of nitrogens with one attached hydrogen (secondary N) is 2. The minimum absolute atomic E-state index is 0.0140. The largest absolute Gasteiger partial charge is 0.755 e. The molecule has 5 rings (SSSR count). The Hall–Kier alpha value is -4.55. The molecule has 2 unspecified atom stereocenters. The second kappa shape index (κ2) is 12.3. The van der Waals surface area contributed by atoms with Gasteiger partial charge in [0, 0.05) is 48.3 Å². The van der Waals surface area contributed by atoms with E-state index < -0.39 is 17.2 Å². The lowest BCUT2D eigenvalue weighted by molar-refractivity contribution is -0.128. The molecule has 4 aromatic rings. The number of benzene rings is 3. The lowest BCUT2D eigenvalue weighted by atomic mass is 9.88. The molecule has 1 fully saturated rings. The van der Waals surface area contributed by atoms with E-state index in [1.165, 1.54) is 20.3 Å². The number of aromatic nitrogens is 2. The summed E-state index contributed by atoms with van der Waals surface area (Å²) in [4.78, 5) is 34.0. The average Bonchev–Trinajstić information content (AvgIpc) is 2.97. The van der Waals surface area contributed by atoms with Crippen LogP contribution in [0.5, 0.6) is 11.5 Å². The zero-order valence-electron chi connectivity index (χ0n) is 22.5. The number of anilines is 5. The number of nitrogens with zero attached hydrogens (tertiary/aromatic N) is 3. The molecule has 0 radical (unpaired) electrons. The maximum atomic E-state index is 12.9. The van der Waals surface area contributed by atoms with Crippen LogP contribution in [-0.2, 0) is 20.9 Å². The molecule has 1 aliphatic carbocycles. The van der Waals surface area contributed by atoms with E-state index in [9.17, 15) is 18.4 Å². The highest BCUT2D eigenvalue weighted by Crippen LogP contribution is 2.36. The Labute approximate surface area is 239 Å². The number of methoxy groups -OCH3 is 2. The number of ketones is 1. The van der Waals surface area contributed by atoms with Crippen molar-refractivity contribution in [2.75, 3.05) is 29.2 Å². The predicted molar refractivity (Wildman–Crippen MR) is 155 cm³/mol. The van der Waals surface area contributed by atoms with Gasteiger partial charge in [0.15, 0.2) is 11.6 Å². The smallest absolute Gasteiger partial charge is 0.227 e. The van der Waals surface area contributed by atoms with Crippen molar-refractivity contribution >= 4 is 62.7 Å². The van der Waals surface area contributed by atoms with Crippen molar-refractivity contribution in [2.45, 2.75) is 25.7 Å². The quantitative estimate of drug-likeness (QED) is 0.263. The van der Waals surface area contributed by atoms with Crippen molar-refractivity contribution in [3.05, 3.63) is 66.7 Å². The van der Waals surface area contributed by atoms with Crippen molar-refractivity contribution in [2.24, 2.45) is 5.92 Å². The van der Waals surface area contributed by atoms with E-state index in [4.69, 9.17) is 9.47 Å². The van der Waals surface area contributed by atoms with Crippen LogP contribution in [-0.4, -0.2) is 44.6 Å². The average molecular weight is 575 g/mol. The first-order valence-corrected chi connectivity index (χ1v) is 14.0. The van der Waals surface area contributed by atoms with E-state index in [1.807, 2.05) is 6.07 Å². The fourth-order valence-corrected chi connectivity index (χ4v) is 5.27. The Morgan fingerprint density at radius 3 is 2.34 bits per heavy atom. The fourth-order valence-electron chi connectivity index (χ4n) is 4.71. The van der Waals surface area contributed by atoms with Crippen LogP contribution in [0.2, 0.25) is 0 Å². The molecular weight excluding hydrogens is 546 g/mol. The number of hydrogen-bond donors (Lipinski definition) is 2. The number of rotatable bonds is 9. The zero-order chi connectivity index (χ0) is 28.9. The SMILES string of the molecule is COc1cc(Nc2nc3ccccc3nc2N(c2cccc(NC(=O)C3CCCC(=O)C3)c2)S(=O)[O-])cc(OC)c1. The maximum Gasteiger partial charge on any atom is 0.227 e. The van der Waals surface area contributed by atoms with Crippen LogP contribution in [0.25, 0.3) is 11.0 Å². The fraction of sp³-hybridized carbons (Fsp3) is 0.241. The molecule has 3 aromatic carbocycles. The molecule has 1 saturated carbocycles. The van der Waals surface area contributed by atoms with Gasteiger partial charge < -0.3 is 24.7 Å². The van der Waals surface area contributed by atoms with E-state index >= 15 is 0 Å². The Balaban J connectivity index is 1.54. The van der Waals surface area contributed by atoms with Crippen LogP contribution in [0.3, 0.4) is 0 Å². The second-order valence-corrected chi connectivity index (χ2v) is 10.3. The molecule has 0 bridgehead atoms. The van der Waals surface area contributed by atoms with Crippen LogP contribution in [0.4, 0.5) is 28.7 Å². The molecular formula is C29H28N5O6S-. The topological polar surface area (TPSA) is 146 Å². The van der Waals surface area contributed by atoms with Crippen LogP contribution >= 0.6 is 0 Å². The minimum atomic E-state index is -2.82. The molecule has 12 heteroatoms. The van der Waals surface area contributed by atoms with Gasteiger partial charge in [-0.05, 0) is 43.2 Å². The van der Waals surface area contributed by atoms with Gasteiger partial charge in [0.1, 0.15) is 17.3 Å². The molecule has 41 heavy (non-hydrogen) atoms. The highest BCUT2D eigenvalue weighted by atomic mass is 32.2. The molecule has 0 saturated heterocycles. The van der Waals surface area contributed by atoms with Gasteiger partial charge in [0.2, 0.25) is 5.91 Å². The van der Waals surface area contributed by atoms with Crippen molar-refractivity contribution in [1.82, 2.24) is 9.97 Å². The summed E-state index contributed by atoms with van der Waals surface area (Å²) in [7, 11) is 3.06. The molecule has 0 aliphatic heterocycles. The van der Waals surface area contributed by atoms with Gasteiger partial charge in [-0.25, -0.2) is 9.97 Å². The maximum absolute atomic E-state index is 12.9. The molecule has 1 aromatic heterocycles. The lowest BCUT2D eigenvalue weighted by Crippen LogP contribution is -2.28. The number of para-hydroxylation sites is 2. The highest BCUT2D eigenvalue weighted by Gasteiger charge is 2.26. The van der Waals surface area contributed by atoms with Gasteiger partial charge in [0.25, 0.3) is 0 Å². The van der Waals surface area contributed by atoms with Crippen LogP contribution in [0, 0.1) is 5.92 Å². The first-order chi connectivity index (χ1) is 19.8. The highest BCUT2D eigenvalue weighted by molar-refractivity contribution is 7.81. The number of hydrogen-bond acceptors (Lipinski definition) is 9. The van der Waals surface area contributed by atoms with Gasteiger partial charge in [-0.2, -0.15) is 0 Å². The van der Waals surface area contributed by atoms with Gasteiger partial charge in [-0.15, -0.1) is 0 Å². The monoisotopic (exact) mass is 574 g/mol. The van der Waals surface area contributed by atoms with Gasteiger partial charge in [-0.3, -0.25) is 18.1 Å². The predicted octanol–water partition coefficient (Wildman–Crippen LogP) is 5.02. The van der Waals surface area contributed by atoms with Gasteiger partial charge in [0.05, 0.1) is 42.2 Å². The number of ether oxygens (including phenoxy) is 2. The lowest BCUT2D eigenvalue weighted by Gasteiger charge is -2.28. The van der Waals surface area contributed by atoms with E-state index in [0.29, 0.717) is 53.2 Å². The normalized spacial score (nSPS) is 15.7. The number of carbonyl (C=O) groups is 2. The number of Topliss-reactive ketones (excluding diaryl/α,β-unsaturated/α-hetero) is 1. The van der Waals surface area contributed by atoms with Crippen molar-refractivity contribution in [3.8, 4) is 11.5 Å². The minimum Gasteiger partial charge on any atom is -0.755 e. The standard InChI is InChI=1S/C29H29N5O6S/c1-39-23-15-20(16-24(17-23)40-2)30-27-28(33-26-12-4-3-11-25(26)32-27)34(41(37)38)21-9-6-8-19(14-21)31-29(36)18-7-5-10-22(35)13-18/h3-4,6,8-9,11-12,14-18H,5,7,10,13H2,1-2H3,(H,30,32)(H,31,36)(H,37,38)/p-1. The third-order valence-electron chi connectivity index (χ3n) is 6.71. The summed E-state index contributed by atoms with van der Waals surface area (Å²) in [5, 5.41) is 5.99. The van der Waals surface area contributed by atoms with Crippen LogP contribution in [0.1, 0.15) is 25.7 Å². The Morgan fingerprint density at radius 1 is 0.976 bits per heavy atom. The molecule has 1 aliphatic rings. The van der Waals surface area contributed by atoms with E-state index in [-0.39, 0.29) is 35.4 Å². The second-order valence-electron chi connectivity index (χ2n) is 9.49. The number of amides is 1. The van der Waals surface area contributed by atoms with Crippen LogP contribution < -0.4 is 24.4 Å². The van der Waals surface area contributed by atoms with E-state index in [2.05, 4.69) is 20.6 Å². The first-order valence-electron chi connectivity index (χ1n) is 12.9. The summed E-state index contributed by atoms with van der Waals surface area (Å²) in [6, 6.07) is 18.7. The number of carbonyl (C=O) groups excluding carboxylic acids is 2. The van der Waals surface area contributed by atoms with E-state index in [0.717, 1.165) is 4.31 Å². The summed E-state index contributed by atoms with van der Waals surface area (Å²) in [6.07, 6.45) is 2.01. The molecule has 11 nitrogen and oxygen atoms in total. The number of fused-ring (bicyclic) bond motifs is 1. The summed E-state index contributed by atoms with van der Waals surface area (Å²) >= 11 is -2.82.